The quantitative estimate of drug-likeness (QED) is 0.131. The van der Waals surface area contributed by atoms with Gasteiger partial charge in [0.1, 0.15) is 11.6 Å². The molecule has 0 aliphatic carbocycles. The molecule has 41 heavy (non-hydrogen) atoms. The van der Waals surface area contributed by atoms with E-state index < -0.39 is 8.80 Å². The van der Waals surface area contributed by atoms with Gasteiger partial charge in [0, 0.05) is 51.0 Å². The van der Waals surface area contributed by atoms with Gasteiger partial charge in [0.05, 0.1) is 0 Å². The van der Waals surface area contributed by atoms with Crippen LogP contribution in [-0.2, 0) is 32.5 Å². The highest BCUT2D eigenvalue weighted by molar-refractivity contribution is 6.60. The zero-order chi connectivity index (χ0) is 28.8. The van der Waals surface area contributed by atoms with Crippen molar-refractivity contribution in [2.45, 2.75) is 77.7 Å². The van der Waals surface area contributed by atoms with Gasteiger partial charge < -0.3 is 13.3 Å². The van der Waals surface area contributed by atoms with E-state index in [1.54, 1.807) is 0 Å². The number of aromatic amines is 2. The van der Waals surface area contributed by atoms with Crippen LogP contribution in [0.5, 0.6) is 0 Å². The molecule has 9 nitrogen and oxygen atoms in total. The number of nitrogens with one attached hydrogen (secondary N) is 2. The summed E-state index contributed by atoms with van der Waals surface area (Å²) in [6, 6.07) is 21.5. The first-order chi connectivity index (χ1) is 20.1. The molecule has 0 saturated heterocycles. The number of aromatic nitrogens is 6. The molecule has 4 aromatic rings. The van der Waals surface area contributed by atoms with Crippen LogP contribution in [0.3, 0.4) is 0 Å². The zero-order valence-corrected chi connectivity index (χ0v) is 25.6. The van der Waals surface area contributed by atoms with Crippen molar-refractivity contribution < 1.29 is 13.3 Å². The number of H-pyrrole nitrogens is 2. The van der Waals surface area contributed by atoms with Crippen LogP contribution in [0, 0.1) is 0 Å². The maximum atomic E-state index is 6.09. The topological polar surface area (TPSA) is 111 Å². The average molecular weight is 577 g/mol. The van der Waals surface area contributed by atoms with Gasteiger partial charge in [-0.1, -0.05) is 60.7 Å². The molecule has 2 aromatic carbocycles. The zero-order valence-electron chi connectivity index (χ0n) is 24.6. The smallest absolute Gasteiger partial charge is 0.374 e. The lowest BCUT2D eigenvalue weighted by Gasteiger charge is -2.28. The second-order valence-electron chi connectivity index (χ2n) is 10.1. The minimum absolute atomic E-state index is 0.204. The van der Waals surface area contributed by atoms with E-state index in [1.165, 1.54) is 11.1 Å². The molecule has 1 unspecified atom stereocenters. The molecule has 2 N–H and O–H groups in total. The molecule has 4 rings (SSSR count). The third kappa shape index (κ3) is 9.70. The van der Waals surface area contributed by atoms with E-state index in [9.17, 15) is 0 Å². The number of benzene rings is 2. The van der Waals surface area contributed by atoms with E-state index in [0.29, 0.717) is 19.8 Å². The van der Waals surface area contributed by atoms with Gasteiger partial charge in [-0.2, -0.15) is 10.2 Å². The summed E-state index contributed by atoms with van der Waals surface area (Å²) >= 11 is 0. The van der Waals surface area contributed by atoms with Gasteiger partial charge in [0.2, 0.25) is 0 Å². The second kappa shape index (κ2) is 16.3. The van der Waals surface area contributed by atoms with Gasteiger partial charge in [-0.25, -0.2) is 9.97 Å². The highest BCUT2D eigenvalue weighted by atomic mass is 28.4. The summed E-state index contributed by atoms with van der Waals surface area (Å²) in [5, 5.41) is 15.4. The summed E-state index contributed by atoms with van der Waals surface area (Å²) in [5.74, 6) is 3.70. The lowest BCUT2D eigenvalue weighted by molar-refractivity contribution is 0.0705. The standard InChI is InChI=1S/C31H44N6O3Si/c1-4-38-41(39-5-2,40-6-3)22-14-20-27(31-33-30(36-37-31)24-26-17-11-8-12-18-26)19-13-21-28-32-29(35-34-28)23-25-15-9-7-10-16-25/h7-12,15-18,27H,4-6,13-14,19-24H2,1-3H3,(H,32,34,35)(H,33,36,37). The Morgan fingerprint density at radius 3 is 1.80 bits per heavy atom. The van der Waals surface area contributed by atoms with E-state index in [2.05, 4.69) is 56.8 Å². The summed E-state index contributed by atoms with van der Waals surface area (Å²) in [7, 11) is -2.70. The van der Waals surface area contributed by atoms with E-state index in [1.807, 2.05) is 45.0 Å². The van der Waals surface area contributed by atoms with E-state index in [4.69, 9.17) is 23.2 Å². The van der Waals surface area contributed by atoms with E-state index in [-0.39, 0.29) is 5.92 Å². The molecule has 1 atom stereocenters. The summed E-state index contributed by atoms with van der Waals surface area (Å²) in [4.78, 5) is 9.65. The Kier molecular flexibility index (Phi) is 12.2. The van der Waals surface area contributed by atoms with Crippen LogP contribution >= 0.6 is 0 Å². The molecule has 10 heteroatoms. The van der Waals surface area contributed by atoms with Crippen LogP contribution in [0.25, 0.3) is 0 Å². The number of rotatable bonds is 19. The van der Waals surface area contributed by atoms with Gasteiger partial charge >= 0.3 is 8.80 Å². The molecule has 0 amide bonds. The fourth-order valence-electron chi connectivity index (χ4n) is 5.15. The van der Waals surface area contributed by atoms with Crippen LogP contribution in [-0.4, -0.2) is 59.0 Å². The highest BCUT2D eigenvalue weighted by Gasteiger charge is 2.40. The Hall–Kier alpha value is -3.18. The Morgan fingerprint density at radius 1 is 0.683 bits per heavy atom. The van der Waals surface area contributed by atoms with Crippen molar-refractivity contribution in [2.24, 2.45) is 0 Å². The van der Waals surface area contributed by atoms with Crippen LogP contribution in [0.2, 0.25) is 6.04 Å². The molecule has 0 saturated carbocycles. The molecule has 0 aliphatic rings. The maximum absolute atomic E-state index is 6.09. The lowest BCUT2D eigenvalue weighted by Crippen LogP contribution is -2.45. The molecular formula is C31H44N6O3Si. The van der Waals surface area contributed by atoms with Crippen LogP contribution in [0.4, 0.5) is 0 Å². The third-order valence-electron chi connectivity index (χ3n) is 7.00. The lowest BCUT2D eigenvalue weighted by atomic mass is 9.96. The molecule has 0 radical (unpaired) electrons. The van der Waals surface area contributed by atoms with Gasteiger partial charge in [-0.3, -0.25) is 10.2 Å². The molecule has 2 heterocycles. The van der Waals surface area contributed by atoms with Crippen molar-refractivity contribution in [3.63, 3.8) is 0 Å². The van der Waals surface area contributed by atoms with Gasteiger partial charge in [0.25, 0.3) is 0 Å². The van der Waals surface area contributed by atoms with E-state index in [0.717, 1.165) is 74.3 Å². The predicted molar refractivity (Wildman–Crippen MR) is 162 cm³/mol. The Labute approximate surface area is 244 Å². The fourth-order valence-corrected chi connectivity index (χ4v) is 7.79. The largest absolute Gasteiger partial charge is 0.500 e. The number of hydrogen-bond donors (Lipinski definition) is 2. The van der Waals surface area contributed by atoms with Crippen LogP contribution < -0.4 is 0 Å². The minimum atomic E-state index is -2.70. The third-order valence-corrected chi connectivity index (χ3v) is 10.2. The first kappa shape index (κ1) is 30.8. The van der Waals surface area contributed by atoms with Crippen LogP contribution in [0.1, 0.15) is 86.8 Å². The van der Waals surface area contributed by atoms with Crippen molar-refractivity contribution in [3.05, 3.63) is 95.1 Å². The number of aryl methyl sites for hydroxylation is 1. The van der Waals surface area contributed by atoms with Crippen molar-refractivity contribution in [1.29, 1.82) is 0 Å². The minimum Gasteiger partial charge on any atom is -0.374 e. The predicted octanol–water partition coefficient (Wildman–Crippen LogP) is 6.04. The molecule has 0 spiro atoms. The molecule has 2 aromatic heterocycles. The molecule has 220 valence electrons. The second-order valence-corrected chi connectivity index (χ2v) is 12.9. The first-order valence-electron chi connectivity index (χ1n) is 14.9. The van der Waals surface area contributed by atoms with Gasteiger partial charge in [-0.15, -0.1) is 0 Å². The van der Waals surface area contributed by atoms with Crippen molar-refractivity contribution in [1.82, 2.24) is 30.4 Å². The number of nitrogens with zero attached hydrogens (tertiary/aromatic N) is 4. The summed E-state index contributed by atoms with van der Waals surface area (Å²) in [6.45, 7) is 7.75. The summed E-state index contributed by atoms with van der Waals surface area (Å²) in [6.07, 6.45) is 6.02. The first-order valence-corrected chi connectivity index (χ1v) is 16.9. The van der Waals surface area contributed by atoms with E-state index >= 15 is 0 Å². The molecular weight excluding hydrogens is 532 g/mol. The average Bonchev–Trinajstić information content (AvgIpc) is 3.63. The Bertz CT molecular complexity index is 1250. The maximum Gasteiger partial charge on any atom is 0.500 e. The molecule has 0 bridgehead atoms. The summed E-state index contributed by atoms with van der Waals surface area (Å²) < 4.78 is 18.3. The molecule has 0 fully saturated rings. The number of hydrogen-bond acceptors (Lipinski definition) is 7. The summed E-state index contributed by atoms with van der Waals surface area (Å²) in [5.41, 5.74) is 2.43. The van der Waals surface area contributed by atoms with Crippen LogP contribution in [0.15, 0.2) is 60.7 Å². The monoisotopic (exact) mass is 576 g/mol. The van der Waals surface area contributed by atoms with Gasteiger partial charge in [-0.05, 0) is 57.6 Å². The highest BCUT2D eigenvalue weighted by Crippen LogP contribution is 2.28. The Balaban J connectivity index is 1.39. The van der Waals surface area contributed by atoms with Crippen molar-refractivity contribution >= 4 is 8.80 Å². The fraction of sp³-hybridized carbons (Fsp3) is 0.484. The SMILES string of the molecule is CCO[Si](CCCC(CCCc1n[nH]c(Cc2ccccc2)n1)c1n[nH]c(Cc2ccccc2)n1)(OCC)OCC. The van der Waals surface area contributed by atoms with Gasteiger partial charge in [0.15, 0.2) is 11.6 Å². The Morgan fingerprint density at radius 2 is 1.22 bits per heavy atom. The normalized spacial score (nSPS) is 12.6. The van der Waals surface area contributed by atoms with Crippen molar-refractivity contribution in [2.75, 3.05) is 19.8 Å². The molecule has 0 aliphatic heterocycles. The van der Waals surface area contributed by atoms with Crippen molar-refractivity contribution in [3.8, 4) is 0 Å².